The molecule has 0 aromatic carbocycles. The summed E-state index contributed by atoms with van der Waals surface area (Å²) in [6, 6.07) is -0.269. The Morgan fingerprint density at radius 2 is 2.36 bits per heavy atom. The number of urea groups is 1. The fraction of sp³-hybridized carbons (Fsp3) is 0.714. The second-order valence-electron chi connectivity index (χ2n) is 2.85. The highest BCUT2D eigenvalue weighted by Crippen LogP contribution is 2.35. The number of hydrazone groups is 1. The Morgan fingerprint density at radius 3 is 2.82 bits per heavy atom. The molecule has 2 atom stereocenters. The van der Waals surface area contributed by atoms with Gasteiger partial charge in [0.2, 0.25) is 0 Å². The quantitative estimate of drug-likeness (QED) is 0.444. The lowest BCUT2D eigenvalue weighted by Gasteiger charge is -1.94. The zero-order chi connectivity index (χ0) is 8.27. The predicted molar refractivity (Wildman–Crippen MR) is 43.4 cm³/mol. The molecule has 1 saturated carbocycles. The standard InChI is InChI=1S/C7H13N3O/c1-5-3-6(5)4-9-10-7(11)8-2/h4-6H,3H2,1-2H3,(H2,8,10,11)/b9-4+. The van der Waals surface area contributed by atoms with Crippen LogP contribution in [0.2, 0.25) is 0 Å². The summed E-state index contributed by atoms with van der Waals surface area (Å²) in [5.41, 5.74) is 2.34. The van der Waals surface area contributed by atoms with Crippen LogP contribution in [0.15, 0.2) is 5.10 Å². The molecule has 11 heavy (non-hydrogen) atoms. The fourth-order valence-electron chi connectivity index (χ4n) is 0.806. The summed E-state index contributed by atoms with van der Waals surface area (Å²) >= 11 is 0. The first-order chi connectivity index (χ1) is 5.24. The molecular formula is C7H13N3O. The molecule has 0 radical (unpaired) electrons. The molecule has 62 valence electrons. The molecule has 2 N–H and O–H groups in total. The van der Waals surface area contributed by atoms with Gasteiger partial charge in [0.1, 0.15) is 0 Å². The van der Waals surface area contributed by atoms with Crippen LogP contribution in [0.5, 0.6) is 0 Å². The van der Waals surface area contributed by atoms with E-state index in [9.17, 15) is 4.79 Å². The largest absolute Gasteiger partial charge is 0.340 e. The van der Waals surface area contributed by atoms with E-state index in [-0.39, 0.29) is 6.03 Å². The van der Waals surface area contributed by atoms with Crippen molar-refractivity contribution in [2.45, 2.75) is 13.3 Å². The van der Waals surface area contributed by atoms with E-state index in [1.54, 1.807) is 13.3 Å². The van der Waals surface area contributed by atoms with Gasteiger partial charge in [-0.25, -0.2) is 10.2 Å². The minimum Gasteiger partial charge on any atom is -0.340 e. The topological polar surface area (TPSA) is 53.5 Å². The van der Waals surface area contributed by atoms with Crippen molar-refractivity contribution in [2.24, 2.45) is 16.9 Å². The van der Waals surface area contributed by atoms with Gasteiger partial charge in [0, 0.05) is 13.3 Å². The fourth-order valence-corrected chi connectivity index (χ4v) is 0.806. The maximum atomic E-state index is 10.6. The van der Waals surface area contributed by atoms with Crippen LogP contribution in [-0.2, 0) is 0 Å². The number of carbonyl (C=O) groups is 1. The van der Waals surface area contributed by atoms with E-state index >= 15 is 0 Å². The number of hydrogen-bond acceptors (Lipinski definition) is 2. The molecule has 2 unspecified atom stereocenters. The third kappa shape index (κ3) is 2.57. The molecule has 1 aliphatic rings. The summed E-state index contributed by atoms with van der Waals surface area (Å²) < 4.78 is 0. The van der Waals surface area contributed by atoms with E-state index in [0.29, 0.717) is 5.92 Å². The van der Waals surface area contributed by atoms with E-state index < -0.39 is 0 Å². The van der Waals surface area contributed by atoms with Crippen molar-refractivity contribution in [1.29, 1.82) is 0 Å². The van der Waals surface area contributed by atoms with E-state index in [4.69, 9.17) is 0 Å². The number of rotatable bonds is 2. The molecule has 0 saturated heterocycles. The number of hydrogen-bond donors (Lipinski definition) is 2. The molecule has 0 aromatic rings. The Hall–Kier alpha value is -1.06. The maximum absolute atomic E-state index is 10.6. The highest BCUT2D eigenvalue weighted by molar-refractivity contribution is 5.75. The van der Waals surface area contributed by atoms with Crippen LogP contribution in [0.1, 0.15) is 13.3 Å². The second kappa shape index (κ2) is 3.37. The molecule has 0 aromatic heterocycles. The number of amides is 2. The van der Waals surface area contributed by atoms with Gasteiger partial charge in [-0.05, 0) is 18.3 Å². The van der Waals surface area contributed by atoms with E-state index in [1.807, 2.05) is 0 Å². The van der Waals surface area contributed by atoms with Gasteiger partial charge in [-0.15, -0.1) is 0 Å². The van der Waals surface area contributed by atoms with Crippen molar-refractivity contribution in [2.75, 3.05) is 7.05 Å². The number of nitrogens with one attached hydrogen (secondary N) is 2. The van der Waals surface area contributed by atoms with Crippen molar-refractivity contribution in [3.63, 3.8) is 0 Å². The van der Waals surface area contributed by atoms with Crippen molar-refractivity contribution >= 4 is 12.2 Å². The first kappa shape index (κ1) is 8.04. The second-order valence-corrected chi connectivity index (χ2v) is 2.85. The van der Waals surface area contributed by atoms with Gasteiger partial charge in [0.05, 0.1) is 0 Å². The smallest absolute Gasteiger partial charge is 0.334 e. The van der Waals surface area contributed by atoms with Crippen LogP contribution < -0.4 is 10.7 Å². The molecule has 2 amide bonds. The number of nitrogens with zero attached hydrogens (tertiary/aromatic N) is 1. The molecular weight excluding hydrogens is 142 g/mol. The van der Waals surface area contributed by atoms with Crippen molar-refractivity contribution < 1.29 is 4.79 Å². The zero-order valence-corrected chi connectivity index (χ0v) is 6.79. The van der Waals surface area contributed by atoms with Gasteiger partial charge in [-0.1, -0.05) is 6.92 Å². The van der Waals surface area contributed by atoms with Crippen LogP contribution in [0, 0.1) is 11.8 Å². The van der Waals surface area contributed by atoms with Gasteiger partial charge in [0.25, 0.3) is 0 Å². The van der Waals surface area contributed by atoms with Gasteiger partial charge in [-0.3, -0.25) is 0 Å². The zero-order valence-electron chi connectivity index (χ0n) is 6.79. The third-order valence-electron chi connectivity index (χ3n) is 1.83. The Kier molecular flexibility index (Phi) is 2.46. The average molecular weight is 155 g/mol. The molecule has 0 spiro atoms. The maximum Gasteiger partial charge on any atom is 0.334 e. The minimum atomic E-state index is -0.269. The Balaban J connectivity index is 2.11. The minimum absolute atomic E-state index is 0.269. The van der Waals surface area contributed by atoms with Crippen LogP contribution in [0.3, 0.4) is 0 Å². The van der Waals surface area contributed by atoms with Crippen molar-refractivity contribution in [3.8, 4) is 0 Å². The summed E-state index contributed by atoms with van der Waals surface area (Å²) in [5, 5.41) is 6.17. The molecule has 0 bridgehead atoms. The normalized spacial score (nSPS) is 28.5. The summed E-state index contributed by atoms with van der Waals surface area (Å²) in [4.78, 5) is 10.6. The predicted octanol–water partition coefficient (Wildman–Crippen LogP) is 0.557. The summed E-state index contributed by atoms with van der Waals surface area (Å²) in [6.45, 7) is 2.16. The summed E-state index contributed by atoms with van der Waals surface area (Å²) in [6.07, 6.45) is 2.98. The Morgan fingerprint density at radius 1 is 1.73 bits per heavy atom. The lowest BCUT2D eigenvalue weighted by atomic mass is 10.4. The SMILES string of the molecule is CNC(=O)N/N=C/C1CC1C. The Bertz CT molecular complexity index is 179. The molecule has 0 heterocycles. The van der Waals surface area contributed by atoms with Crippen LogP contribution >= 0.6 is 0 Å². The Labute approximate surface area is 66.0 Å². The summed E-state index contributed by atoms with van der Waals surface area (Å²) in [5.74, 6) is 1.32. The summed E-state index contributed by atoms with van der Waals surface area (Å²) in [7, 11) is 1.56. The van der Waals surface area contributed by atoms with E-state index in [0.717, 1.165) is 5.92 Å². The molecule has 4 heteroatoms. The van der Waals surface area contributed by atoms with Gasteiger partial charge in [-0.2, -0.15) is 5.10 Å². The first-order valence-electron chi connectivity index (χ1n) is 3.75. The lowest BCUT2D eigenvalue weighted by Crippen LogP contribution is -2.28. The van der Waals surface area contributed by atoms with Gasteiger partial charge < -0.3 is 5.32 Å². The monoisotopic (exact) mass is 155 g/mol. The first-order valence-corrected chi connectivity index (χ1v) is 3.75. The highest BCUT2D eigenvalue weighted by atomic mass is 16.2. The molecule has 0 aliphatic heterocycles. The van der Waals surface area contributed by atoms with Crippen LogP contribution in [-0.4, -0.2) is 19.3 Å². The van der Waals surface area contributed by atoms with Crippen LogP contribution in [0.25, 0.3) is 0 Å². The van der Waals surface area contributed by atoms with E-state index in [2.05, 4.69) is 22.8 Å². The molecule has 1 rings (SSSR count). The highest BCUT2D eigenvalue weighted by Gasteiger charge is 2.30. The van der Waals surface area contributed by atoms with Gasteiger partial charge in [0.15, 0.2) is 0 Å². The van der Waals surface area contributed by atoms with E-state index in [1.165, 1.54) is 6.42 Å². The van der Waals surface area contributed by atoms with Crippen molar-refractivity contribution in [1.82, 2.24) is 10.7 Å². The number of carbonyl (C=O) groups excluding carboxylic acids is 1. The average Bonchev–Trinajstić information content (AvgIpc) is 2.66. The third-order valence-corrected chi connectivity index (χ3v) is 1.83. The van der Waals surface area contributed by atoms with Crippen LogP contribution in [0.4, 0.5) is 4.79 Å². The molecule has 4 nitrogen and oxygen atoms in total. The van der Waals surface area contributed by atoms with Gasteiger partial charge >= 0.3 is 6.03 Å². The van der Waals surface area contributed by atoms with Crippen molar-refractivity contribution in [3.05, 3.63) is 0 Å². The molecule has 1 fully saturated rings. The molecule has 1 aliphatic carbocycles. The lowest BCUT2D eigenvalue weighted by molar-refractivity contribution is 0.243.